The molecule has 0 aromatic heterocycles. The monoisotopic (exact) mass is 215 g/mol. The van der Waals surface area contributed by atoms with Crippen LogP contribution >= 0.6 is 0 Å². The molecule has 1 N–H and O–H groups in total. The lowest BCUT2D eigenvalue weighted by molar-refractivity contribution is 0.0246. The smallest absolute Gasteiger partial charge is 0.0697 e. The largest absolute Gasteiger partial charge is 0.381 e. The molecule has 1 aliphatic rings. The molecule has 1 heterocycles. The van der Waals surface area contributed by atoms with Crippen LogP contribution in [0.1, 0.15) is 33.1 Å². The van der Waals surface area contributed by atoms with Crippen molar-refractivity contribution in [2.45, 2.75) is 39.2 Å². The summed E-state index contributed by atoms with van der Waals surface area (Å²) >= 11 is 0. The number of rotatable bonds is 8. The van der Waals surface area contributed by atoms with Crippen molar-refractivity contribution in [1.29, 1.82) is 0 Å². The van der Waals surface area contributed by atoms with Crippen LogP contribution in [0.5, 0.6) is 0 Å². The summed E-state index contributed by atoms with van der Waals surface area (Å²) in [5.41, 5.74) is 0. The topological polar surface area (TPSA) is 30.5 Å². The Kier molecular flexibility index (Phi) is 6.98. The Morgan fingerprint density at radius 3 is 2.93 bits per heavy atom. The van der Waals surface area contributed by atoms with Gasteiger partial charge in [-0.2, -0.15) is 0 Å². The van der Waals surface area contributed by atoms with Gasteiger partial charge in [-0.15, -0.1) is 0 Å². The quantitative estimate of drug-likeness (QED) is 0.626. The Labute approximate surface area is 93.5 Å². The molecule has 2 atom stereocenters. The van der Waals surface area contributed by atoms with Crippen LogP contribution in [0.3, 0.4) is 0 Å². The SMILES string of the molecule is CCCNCC(CC)OCC1CCOC1. The lowest BCUT2D eigenvalue weighted by atomic mass is 10.1. The van der Waals surface area contributed by atoms with Crippen molar-refractivity contribution < 1.29 is 9.47 Å². The molecule has 90 valence electrons. The number of hydrogen-bond donors (Lipinski definition) is 1. The van der Waals surface area contributed by atoms with E-state index in [-0.39, 0.29) is 0 Å². The van der Waals surface area contributed by atoms with E-state index in [9.17, 15) is 0 Å². The van der Waals surface area contributed by atoms with Gasteiger partial charge in [0.15, 0.2) is 0 Å². The summed E-state index contributed by atoms with van der Waals surface area (Å²) < 4.78 is 11.2. The lowest BCUT2D eigenvalue weighted by Crippen LogP contribution is -2.30. The first-order chi connectivity index (χ1) is 7.36. The van der Waals surface area contributed by atoms with E-state index in [1.54, 1.807) is 0 Å². The standard InChI is InChI=1S/C12H25NO2/c1-3-6-13-8-12(4-2)15-10-11-5-7-14-9-11/h11-13H,3-10H2,1-2H3. The van der Waals surface area contributed by atoms with E-state index in [4.69, 9.17) is 9.47 Å². The van der Waals surface area contributed by atoms with E-state index >= 15 is 0 Å². The zero-order valence-corrected chi connectivity index (χ0v) is 10.1. The van der Waals surface area contributed by atoms with Crippen LogP contribution < -0.4 is 5.32 Å². The van der Waals surface area contributed by atoms with Crippen LogP contribution in [0.15, 0.2) is 0 Å². The normalized spacial score (nSPS) is 23.2. The summed E-state index contributed by atoms with van der Waals surface area (Å²) in [4.78, 5) is 0. The van der Waals surface area contributed by atoms with Gasteiger partial charge >= 0.3 is 0 Å². The van der Waals surface area contributed by atoms with Crippen molar-refractivity contribution in [3.63, 3.8) is 0 Å². The Hall–Kier alpha value is -0.120. The van der Waals surface area contributed by atoms with Gasteiger partial charge in [0, 0.05) is 19.1 Å². The molecule has 0 spiro atoms. The van der Waals surface area contributed by atoms with Gasteiger partial charge in [-0.3, -0.25) is 0 Å². The minimum Gasteiger partial charge on any atom is -0.381 e. The maximum atomic E-state index is 5.88. The second-order valence-corrected chi connectivity index (χ2v) is 4.30. The summed E-state index contributed by atoms with van der Waals surface area (Å²) in [6.07, 6.45) is 3.81. The van der Waals surface area contributed by atoms with Gasteiger partial charge in [-0.25, -0.2) is 0 Å². The minimum absolute atomic E-state index is 0.372. The van der Waals surface area contributed by atoms with Crippen molar-refractivity contribution in [2.75, 3.05) is 32.9 Å². The highest BCUT2D eigenvalue weighted by Gasteiger charge is 2.17. The summed E-state index contributed by atoms with van der Waals surface area (Å²) in [5.74, 6) is 0.630. The van der Waals surface area contributed by atoms with Crippen molar-refractivity contribution in [1.82, 2.24) is 5.32 Å². The van der Waals surface area contributed by atoms with Gasteiger partial charge < -0.3 is 14.8 Å². The highest BCUT2D eigenvalue weighted by molar-refractivity contribution is 4.66. The third kappa shape index (κ3) is 5.50. The first-order valence-corrected chi connectivity index (χ1v) is 6.26. The van der Waals surface area contributed by atoms with Gasteiger partial charge in [-0.05, 0) is 25.8 Å². The van der Waals surface area contributed by atoms with Gasteiger partial charge in [0.1, 0.15) is 0 Å². The molecule has 3 heteroatoms. The highest BCUT2D eigenvalue weighted by Crippen LogP contribution is 2.13. The summed E-state index contributed by atoms with van der Waals surface area (Å²) in [5, 5.41) is 3.41. The fourth-order valence-corrected chi connectivity index (χ4v) is 1.75. The van der Waals surface area contributed by atoms with E-state index in [1.165, 1.54) is 12.8 Å². The van der Waals surface area contributed by atoms with E-state index in [2.05, 4.69) is 19.2 Å². The van der Waals surface area contributed by atoms with Crippen LogP contribution in [0.2, 0.25) is 0 Å². The van der Waals surface area contributed by atoms with Crippen molar-refractivity contribution in [3.8, 4) is 0 Å². The number of nitrogens with one attached hydrogen (secondary N) is 1. The van der Waals surface area contributed by atoms with Gasteiger partial charge in [0.25, 0.3) is 0 Å². The van der Waals surface area contributed by atoms with Crippen LogP contribution in [0.25, 0.3) is 0 Å². The fourth-order valence-electron chi connectivity index (χ4n) is 1.75. The Balaban J connectivity index is 2.04. The minimum atomic E-state index is 0.372. The third-order valence-electron chi connectivity index (χ3n) is 2.85. The van der Waals surface area contributed by atoms with E-state index < -0.39 is 0 Å². The molecule has 0 radical (unpaired) electrons. The highest BCUT2D eigenvalue weighted by atomic mass is 16.5. The Bertz CT molecular complexity index is 147. The number of hydrogen-bond acceptors (Lipinski definition) is 3. The van der Waals surface area contributed by atoms with Crippen molar-refractivity contribution in [2.24, 2.45) is 5.92 Å². The Morgan fingerprint density at radius 1 is 1.47 bits per heavy atom. The molecule has 3 nitrogen and oxygen atoms in total. The summed E-state index contributed by atoms with van der Waals surface area (Å²) in [6.45, 7) is 9.11. The molecule has 0 bridgehead atoms. The molecule has 0 saturated carbocycles. The summed E-state index contributed by atoms with van der Waals surface area (Å²) in [6, 6.07) is 0. The predicted molar refractivity (Wildman–Crippen MR) is 62.1 cm³/mol. The van der Waals surface area contributed by atoms with Crippen molar-refractivity contribution >= 4 is 0 Å². The molecule has 15 heavy (non-hydrogen) atoms. The zero-order valence-electron chi connectivity index (χ0n) is 10.1. The molecular formula is C12H25NO2. The average Bonchev–Trinajstić information content (AvgIpc) is 2.76. The second kappa shape index (κ2) is 8.08. The fraction of sp³-hybridized carbons (Fsp3) is 1.00. The maximum absolute atomic E-state index is 5.88. The van der Waals surface area contributed by atoms with E-state index in [0.29, 0.717) is 12.0 Å². The molecule has 2 unspecified atom stereocenters. The molecule has 0 aromatic rings. The van der Waals surface area contributed by atoms with Crippen LogP contribution in [0, 0.1) is 5.92 Å². The number of ether oxygens (including phenoxy) is 2. The first-order valence-electron chi connectivity index (χ1n) is 6.26. The average molecular weight is 215 g/mol. The first kappa shape index (κ1) is 12.9. The summed E-state index contributed by atoms with van der Waals surface area (Å²) in [7, 11) is 0. The molecule has 1 fully saturated rings. The van der Waals surface area contributed by atoms with Gasteiger partial charge in [-0.1, -0.05) is 13.8 Å². The third-order valence-corrected chi connectivity index (χ3v) is 2.85. The molecule has 1 saturated heterocycles. The van der Waals surface area contributed by atoms with Crippen LogP contribution in [-0.2, 0) is 9.47 Å². The van der Waals surface area contributed by atoms with Crippen LogP contribution in [0.4, 0.5) is 0 Å². The second-order valence-electron chi connectivity index (χ2n) is 4.30. The zero-order chi connectivity index (χ0) is 10.9. The lowest BCUT2D eigenvalue weighted by Gasteiger charge is -2.18. The van der Waals surface area contributed by atoms with E-state index in [0.717, 1.165) is 39.3 Å². The molecule has 1 aliphatic heterocycles. The molecule has 0 aromatic carbocycles. The van der Waals surface area contributed by atoms with Crippen LogP contribution in [-0.4, -0.2) is 39.0 Å². The molecular weight excluding hydrogens is 190 g/mol. The molecule has 0 aliphatic carbocycles. The molecule has 0 amide bonds. The van der Waals surface area contributed by atoms with Gasteiger partial charge in [0.05, 0.1) is 19.3 Å². The van der Waals surface area contributed by atoms with E-state index in [1.807, 2.05) is 0 Å². The Morgan fingerprint density at radius 2 is 2.33 bits per heavy atom. The van der Waals surface area contributed by atoms with Gasteiger partial charge in [0.2, 0.25) is 0 Å². The maximum Gasteiger partial charge on any atom is 0.0697 e. The van der Waals surface area contributed by atoms with Crippen molar-refractivity contribution in [3.05, 3.63) is 0 Å². The molecule has 1 rings (SSSR count). The predicted octanol–water partition coefficient (Wildman–Crippen LogP) is 1.82.